The van der Waals surface area contributed by atoms with E-state index < -0.39 is 0 Å². The average molecular weight is 393 g/mol. The maximum absolute atomic E-state index is 12.9. The van der Waals surface area contributed by atoms with E-state index in [1.165, 1.54) is 28.2 Å². The van der Waals surface area contributed by atoms with Crippen molar-refractivity contribution in [1.29, 1.82) is 0 Å². The molecule has 0 unspecified atom stereocenters. The summed E-state index contributed by atoms with van der Waals surface area (Å²) in [5.41, 5.74) is 2.50. The molecule has 0 bridgehead atoms. The Balaban J connectivity index is 1.61. The van der Waals surface area contributed by atoms with Gasteiger partial charge in [0, 0.05) is 4.88 Å². The third kappa shape index (κ3) is 2.12. The summed E-state index contributed by atoms with van der Waals surface area (Å²) in [6, 6.07) is 7.90. The van der Waals surface area contributed by atoms with Crippen LogP contribution >= 0.6 is 22.7 Å². The predicted molar refractivity (Wildman–Crippen MR) is 109 cm³/mol. The van der Waals surface area contributed by atoms with Gasteiger partial charge in [0.1, 0.15) is 15.6 Å². The predicted octanol–water partition coefficient (Wildman–Crippen LogP) is 4.28. The highest BCUT2D eigenvalue weighted by atomic mass is 32.1. The lowest BCUT2D eigenvalue weighted by Crippen LogP contribution is -2.16. The number of hydrogen-bond acceptors (Lipinski definition) is 6. The molecule has 5 nitrogen and oxygen atoms in total. The molecule has 6 rings (SSSR count). The molecule has 2 aliphatic rings. The molecule has 7 heteroatoms. The van der Waals surface area contributed by atoms with E-state index in [0.717, 1.165) is 39.7 Å². The summed E-state index contributed by atoms with van der Waals surface area (Å²) in [6.45, 7) is 0.351. The van der Waals surface area contributed by atoms with E-state index >= 15 is 0 Å². The largest absolute Gasteiger partial charge is 0.510 e. The molecule has 4 aromatic rings. The topological polar surface area (TPSA) is 68.0 Å². The third-order valence-electron chi connectivity index (χ3n) is 5.40. The summed E-state index contributed by atoms with van der Waals surface area (Å²) < 4.78 is 3.05. The van der Waals surface area contributed by atoms with Gasteiger partial charge < -0.3 is 9.67 Å². The molecule has 4 heterocycles. The van der Waals surface area contributed by atoms with Crippen molar-refractivity contribution >= 4 is 48.7 Å². The molecule has 1 aliphatic heterocycles. The van der Waals surface area contributed by atoms with Crippen molar-refractivity contribution < 1.29 is 5.11 Å². The minimum Gasteiger partial charge on any atom is -0.510 e. The highest BCUT2D eigenvalue weighted by Gasteiger charge is 2.31. The number of aryl methyl sites for hydroxylation is 2. The lowest BCUT2D eigenvalue weighted by molar-refractivity contribution is 0.389. The van der Waals surface area contributed by atoms with Crippen LogP contribution < -0.4 is 5.56 Å². The maximum atomic E-state index is 12.9. The fourth-order valence-electron chi connectivity index (χ4n) is 4.16. The number of fused-ring (bicyclic) bond motifs is 6. The van der Waals surface area contributed by atoms with Gasteiger partial charge in [0.2, 0.25) is 0 Å². The van der Waals surface area contributed by atoms with Crippen LogP contribution in [0.3, 0.4) is 0 Å². The quantitative estimate of drug-likeness (QED) is 0.524. The Labute approximate surface area is 162 Å². The van der Waals surface area contributed by atoms with Crippen molar-refractivity contribution in [3.8, 4) is 0 Å². The fraction of sp³-hybridized carbons (Fsp3) is 0.250. The zero-order chi connectivity index (χ0) is 18.1. The van der Waals surface area contributed by atoms with Gasteiger partial charge in [-0.15, -0.1) is 22.7 Å². The number of allylic oxidation sites excluding steroid dienone is 1. The van der Waals surface area contributed by atoms with E-state index in [4.69, 9.17) is 0 Å². The smallest absolute Gasteiger partial charge is 0.282 e. The normalized spacial score (nSPS) is 16.3. The number of aliphatic hydroxyl groups is 1. The Bertz CT molecular complexity index is 1310. The second-order valence-electron chi connectivity index (χ2n) is 7.03. The highest BCUT2D eigenvalue weighted by molar-refractivity contribution is 7.19. The first-order valence-corrected chi connectivity index (χ1v) is 10.7. The van der Waals surface area contributed by atoms with Crippen LogP contribution in [-0.2, 0) is 19.4 Å². The molecule has 1 aliphatic carbocycles. The van der Waals surface area contributed by atoms with E-state index in [2.05, 4.69) is 9.97 Å². The van der Waals surface area contributed by atoms with Gasteiger partial charge in [0.25, 0.3) is 5.56 Å². The molecule has 3 aromatic heterocycles. The van der Waals surface area contributed by atoms with Gasteiger partial charge in [-0.05, 0) is 43.4 Å². The Hall–Kier alpha value is -2.51. The maximum Gasteiger partial charge on any atom is 0.282 e. The molecule has 0 radical (unpaired) electrons. The van der Waals surface area contributed by atoms with Crippen molar-refractivity contribution in [3.05, 3.63) is 61.7 Å². The number of para-hydroxylation sites is 1. The van der Waals surface area contributed by atoms with Crippen LogP contribution in [0.5, 0.6) is 0 Å². The molecule has 0 fully saturated rings. The Morgan fingerprint density at radius 1 is 1.07 bits per heavy atom. The first-order valence-electron chi connectivity index (χ1n) is 9.04. The molecule has 0 amide bonds. The molecular formula is C20H15N3O2S2. The lowest BCUT2D eigenvalue weighted by atomic mass is 9.97. The molecule has 1 aromatic carbocycles. The van der Waals surface area contributed by atoms with Crippen LogP contribution in [0.1, 0.15) is 34.1 Å². The fourth-order valence-corrected chi connectivity index (χ4v) is 6.57. The van der Waals surface area contributed by atoms with Crippen LogP contribution in [0.25, 0.3) is 26.0 Å². The van der Waals surface area contributed by atoms with E-state index in [9.17, 15) is 9.90 Å². The van der Waals surface area contributed by atoms with Gasteiger partial charge in [-0.25, -0.2) is 4.98 Å². The number of thiazole rings is 1. The molecule has 0 saturated heterocycles. The Morgan fingerprint density at radius 3 is 2.81 bits per heavy atom. The number of benzene rings is 1. The number of nitrogens with zero attached hydrogens (tertiary/aromatic N) is 3. The molecule has 27 heavy (non-hydrogen) atoms. The van der Waals surface area contributed by atoms with Crippen molar-refractivity contribution in [2.45, 2.75) is 32.2 Å². The average Bonchev–Trinajstić information content (AvgIpc) is 3.33. The zero-order valence-electron chi connectivity index (χ0n) is 14.4. The molecule has 1 N–H and O–H groups in total. The standard InChI is InChI=1S/C20H15N3O2S2/c24-12-9-23-17(16(12)19-21-11-6-2-4-8-14(11)26-19)22-18(25)15-10-5-1-3-7-13(10)27-20(15)23/h2,4,6,8,24H,1,3,5,7,9H2. The second-order valence-corrected chi connectivity index (χ2v) is 9.14. The van der Waals surface area contributed by atoms with Gasteiger partial charge in [0.15, 0.2) is 5.82 Å². The summed E-state index contributed by atoms with van der Waals surface area (Å²) in [5, 5.41) is 12.2. The Morgan fingerprint density at radius 2 is 1.93 bits per heavy atom. The third-order valence-corrected chi connectivity index (χ3v) is 7.77. The highest BCUT2D eigenvalue weighted by Crippen LogP contribution is 2.40. The van der Waals surface area contributed by atoms with Crippen LogP contribution in [0.15, 0.2) is 34.8 Å². The number of aliphatic hydroxyl groups excluding tert-OH is 1. The molecule has 0 atom stereocenters. The summed E-state index contributed by atoms with van der Waals surface area (Å²) in [4.78, 5) is 24.2. The van der Waals surface area contributed by atoms with Crippen molar-refractivity contribution in [2.75, 3.05) is 0 Å². The summed E-state index contributed by atoms with van der Waals surface area (Å²) in [5.74, 6) is 0.780. The van der Waals surface area contributed by atoms with Gasteiger partial charge in [-0.2, -0.15) is 4.98 Å². The van der Waals surface area contributed by atoms with Crippen LogP contribution in [0.2, 0.25) is 0 Å². The summed E-state index contributed by atoms with van der Waals surface area (Å²) in [6.07, 6.45) is 4.29. The summed E-state index contributed by atoms with van der Waals surface area (Å²) in [7, 11) is 0. The number of rotatable bonds is 1. The number of aromatic nitrogens is 3. The Kier molecular flexibility index (Phi) is 3.16. The first-order chi connectivity index (χ1) is 13.2. The van der Waals surface area contributed by atoms with Crippen LogP contribution in [0, 0.1) is 0 Å². The van der Waals surface area contributed by atoms with Crippen molar-refractivity contribution in [2.24, 2.45) is 0 Å². The molecular weight excluding hydrogens is 378 g/mol. The molecule has 0 saturated carbocycles. The minimum atomic E-state index is -0.177. The number of hydrogen-bond donors (Lipinski definition) is 1. The summed E-state index contributed by atoms with van der Waals surface area (Å²) >= 11 is 3.21. The van der Waals surface area contributed by atoms with Crippen molar-refractivity contribution in [3.63, 3.8) is 0 Å². The SMILES string of the molecule is O=c1nc2n(c3sc4c(c13)CCCC4)CC(O)=C2c1nc2ccccc2s1. The molecule has 0 spiro atoms. The van der Waals surface area contributed by atoms with E-state index in [1.807, 2.05) is 28.8 Å². The lowest BCUT2D eigenvalue weighted by Gasteiger charge is -2.09. The van der Waals surface area contributed by atoms with Gasteiger partial charge in [-0.3, -0.25) is 4.79 Å². The zero-order valence-corrected chi connectivity index (χ0v) is 16.0. The minimum absolute atomic E-state index is 0.177. The van der Waals surface area contributed by atoms with E-state index in [0.29, 0.717) is 22.9 Å². The van der Waals surface area contributed by atoms with Gasteiger partial charge in [0.05, 0.1) is 27.7 Å². The first kappa shape index (κ1) is 15.5. The number of thiophene rings is 1. The molecule has 134 valence electrons. The van der Waals surface area contributed by atoms with Crippen LogP contribution in [0.4, 0.5) is 0 Å². The van der Waals surface area contributed by atoms with Gasteiger partial charge >= 0.3 is 0 Å². The second kappa shape index (κ2) is 5.50. The van der Waals surface area contributed by atoms with Crippen molar-refractivity contribution in [1.82, 2.24) is 14.5 Å². The van der Waals surface area contributed by atoms with E-state index in [1.54, 1.807) is 11.3 Å². The van der Waals surface area contributed by atoms with Crippen LogP contribution in [-0.4, -0.2) is 19.6 Å². The van der Waals surface area contributed by atoms with Gasteiger partial charge in [-0.1, -0.05) is 12.1 Å². The van der Waals surface area contributed by atoms with E-state index in [-0.39, 0.29) is 11.3 Å². The monoisotopic (exact) mass is 393 g/mol.